The van der Waals surface area contributed by atoms with E-state index in [9.17, 15) is 13.2 Å². The van der Waals surface area contributed by atoms with Gasteiger partial charge >= 0.3 is 5.97 Å². The van der Waals surface area contributed by atoms with Crippen LogP contribution >= 0.6 is 15.9 Å². The standard InChI is InChI=1S/C10H11BrN2O4S/c11-7-3-8(5-12-4-7)18(16,17)13-6-10(1-2-10)9(14)15/h3-5,13H,1-2,6H2,(H,14,15). The maximum atomic E-state index is 11.9. The molecule has 2 N–H and O–H groups in total. The van der Waals surface area contributed by atoms with E-state index in [4.69, 9.17) is 5.11 Å². The number of aliphatic carboxylic acids is 1. The van der Waals surface area contributed by atoms with Crippen molar-refractivity contribution in [1.82, 2.24) is 9.71 Å². The molecular formula is C10H11BrN2O4S. The van der Waals surface area contributed by atoms with Crippen LogP contribution in [0.3, 0.4) is 0 Å². The Hall–Kier alpha value is -0.990. The van der Waals surface area contributed by atoms with E-state index in [0.717, 1.165) is 0 Å². The Morgan fingerprint density at radius 2 is 2.17 bits per heavy atom. The first-order valence-electron chi connectivity index (χ1n) is 5.19. The summed E-state index contributed by atoms with van der Waals surface area (Å²) in [5.41, 5.74) is -0.924. The molecule has 0 atom stereocenters. The number of sulfonamides is 1. The summed E-state index contributed by atoms with van der Waals surface area (Å²) in [4.78, 5) is 14.7. The SMILES string of the molecule is O=C(O)C1(CNS(=O)(=O)c2cncc(Br)c2)CC1. The summed E-state index contributed by atoms with van der Waals surface area (Å²) >= 11 is 3.13. The molecule has 1 aliphatic rings. The lowest BCUT2D eigenvalue weighted by molar-refractivity contribution is -0.143. The molecule has 0 aliphatic heterocycles. The lowest BCUT2D eigenvalue weighted by Crippen LogP contribution is -2.34. The predicted molar refractivity (Wildman–Crippen MR) is 66.4 cm³/mol. The fraction of sp³-hybridized carbons (Fsp3) is 0.400. The average molecular weight is 335 g/mol. The molecule has 1 aromatic heterocycles. The fourth-order valence-corrected chi connectivity index (χ4v) is 3.10. The normalized spacial score (nSPS) is 17.4. The van der Waals surface area contributed by atoms with Gasteiger partial charge in [-0.2, -0.15) is 0 Å². The number of nitrogens with zero attached hydrogens (tertiary/aromatic N) is 1. The minimum absolute atomic E-state index is 0.0121. The van der Waals surface area contributed by atoms with Crippen LogP contribution in [0.25, 0.3) is 0 Å². The molecular weight excluding hydrogens is 324 g/mol. The summed E-state index contributed by atoms with van der Waals surface area (Å²) in [6.07, 6.45) is 3.69. The van der Waals surface area contributed by atoms with Crippen molar-refractivity contribution in [1.29, 1.82) is 0 Å². The van der Waals surface area contributed by atoms with Crippen molar-refractivity contribution in [2.75, 3.05) is 6.54 Å². The Labute approximate surface area is 113 Å². The quantitative estimate of drug-likeness (QED) is 0.836. The molecule has 2 rings (SSSR count). The Morgan fingerprint density at radius 1 is 1.50 bits per heavy atom. The van der Waals surface area contributed by atoms with Crippen molar-refractivity contribution in [3.63, 3.8) is 0 Å². The number of nitrogens with one attached hydrogen (secondary N) is 1. The van der Waals surface area contributed by atoms with E-state index in [2.05, 4.69) is 25.6 Å². The molecule has 0 bridgehead atoms. The third-order valence-electron chi connectivity index (χ3n) is 2.90. The number of carboxylic acids is 1. The summed E-state index contributed by atoms with van der Waals surface area (Å²) in [5, 5.41) is 8.96. The molecule has 8 heteroatoms. The fourth-order valence-electron chi connectivity index (χ4n) is 1.47. The van der Waals surface area contributed by atoms with Crippen LogP contribution in [0.5, 0.6) is 0 Å². The summed E-state index contributed by atoms with van der Waals surface area (Å²) in [7, 11) is -3.72. The number of carboxylic acid groups (broad SMARTS) is 1. The van der Waals surface area contributed by atoms with Gasteiger partial charge < -0.3 is 5.11 Å². The van der Waals surface area contributed by atoms with Gasteiger partial charge in [-0.25, -0.2) is 13.1 Å². The van der Waals surface area contributed by atoms with Crippen molar-refractivity contribution in [3.05, 3.63) is 22.9 Å². The van der Waals surface area contributed by atoms with Gasteiger partial charge in [0, 0.05) is 23.4 Å². The summed E-state index contributed by atoms with van der Waals surface area (Å²) in [5.74, 6) is -0.961. The van der Waals surface area contributed by atoms with Crippen molar-refractivity contribution in [2.24, 2.45) is 5.41 Å². The van der Waals surface area contributed by atoms with Crippen LogP contribution < -0.4 is 4.72 Å². The maximum absolute atomic E-state index is 11.9. The van der Waals surface area contributed by atoms with Crippen LogP contribution in [0.15, 0.2) is 27.8 Å². The van der Waals surface area contributed by atoms with E-state index in [1.165, 1.54) is 18.5 Å². The number of halogens is 1. The average Bonchev–Trinajstić information content (AvgIpc) is 3.07. The van der Waals surface area contributed by atoms with Gasteiger partial charge in [-0.1, -0.05) is 0 Å². The van der Waals surface area contributed by atoms with Crippen molar-refractivity contribution >= 4 is 31.9 Å². The van der Waals surface area contributed by atoms with Gasteiger partial charge in [-0.05, 0) is 34.8 Å². The second-order valence-corrected chi connectivity index (χ2v) is 6.93. The zero-order valence-electron chi connectivity index (χ0n) is 9.26. The monoisotopic (exact) mass is 334 g/mol. The number of pyridine rings is 1. The molecule has 0 saturated heterocycles. The smallest absolute Gasteiger partial charge is 0.310 e. The van der Waals surface area contributed by atoms with Crippen molar-refractivity contribution < 1.29 is 18.3 Å². The molecule has 1 aromatic rings. The zero-order valence-corrected chi connectivity index (χ0v) is 11.7. The van der Waals surface area contributed by atoms with Crippen molar-refractivity contribution in [3.8, 4) is 0 Å². The number of rotatable bonds is 5. The van der Waals surface area contributed by atoms with Gasteiger partial charge in [-0.3, -0.25) is 9.78 Å². The minimum atomic E-state index is -3.72. The molecule has 0 amide bonds. The number of aromatic nitrogens is 1. The van der Waals surface area contributed by atoms with Crippen LogP contribution in [0, 0.1) is 5.41 Å². The summed E-state index contributed by atoms with van der Waals surface area (Å²) < 4.78 is 26.7. The Balaban J connectivity index is 2.11. The van der Waals surface area contributed by atoms with Crippen molar-refractivity contribution in [2.45, 2.75) is 17.7 Å². The molecule has 0 aromatic carbocycles. The molecule has 1 fully saturated rings. The molecule has 0 unspecified atom stereocenters. The largest absolute Gasteiger partial charge is 0.481 e. The molecule has 18 heavy (non-hydrogen) atoms. The molecule has 1 saturated carbocycles. The number of hydrogen-bond donors (Lipinski definition) is 2. The lowest BCUT2D eigenvalue weighted by atomic mass is 10.1. The van der Waals surface area contributed by atoms with Gasteiger partial charge in [0.1, 0.15) is 4.90 Å². The molecule has 1 aliphatic carbocycles. The van der Waals surface area contributed by atoms with E-state index >= 15 is 0 Å². The van der Waals surface area contributed by atoms with Gasteiger partial charge in [0.15, 0.2) is 0 Å². The minimum Gasteiger partial charge on any atom is -0.481 e. The highest BCUT2D eigenvalue weighted by Gasteiger charge is 2.50. The first-order chi connectivity index (χ1) is 8.36. The van der Waals surface area contributed by atoms with Gasteiger partial charge in [0.25, 0.3) is 0 Å². The highest BCUT2D eigenvalue weighted by Crippen LogP contribution is 2.45. The van der Waals surface area contributed by atoms with Gasteiger partial charge in [-0.15, -0.1) is 0 Å². The van der Waals surface area contributed by atoms with Crippen LogP contribution in [-0.2, 0) is 14.8 Å². The van der Waals surface area contributed by atoms with E-state index in [1.54, 1.807) is 0 Å². The highest BCUT2D eigenvalue weighted by atomic mass is 79.9. The summed E-state index contributed by atoms with van der Waals surface area (Å²) in [6, 6.07) is 1.41. The van der Waals surface area contributed by atoms with Crippen LogP contribution in [0.1, 0.15) is 12.8 Å². The number of hydrogen-bond acceptors (Lipinski definition) is 4. The van der Waals surface area contributed by atoms with E-state index in [-0.39, 0.29) is 11.4 Å². The lowest BCUT2D eigenvalue weighted by Gasteiger charge is -2.11. The Kier molecular flexibility index (Phi) is 3.43. The highest BCUT2D eigenvalue weighted by molar-refractivity contribution is 9.10. The third kappa shape index (κ3) is 2.70. The zero-order chi connectivity index (χ0) is 13.4. The van der Waals surface area contributed by atoms with E-state index < -0.39 is 21.4 Å². The molecule has 98 valence electrons. The molecule has 1 heterocycles. The molecule has 0 spiro atoms. The van der Waals surface area contributed by atoms with E-state index in [1.807, 2.05) is 0 Å². The predicted octanol–water partition coefficient (Wildman–Crippen LogP) is 0.987. The van der Waals surface area contributed by atoms with Gasteiger partial charge in [0.05, 0.1) is 5.41 Å². The van der Waals surface area contributed by atoms with Crippen LogP contribution in [0.4, 0.5) is 0 Å². The molecule has 0 radical (unpaired) electrons. The van der Waals surface area contributed by atoms with Gasteiger partial charge in [0.2, 0.25) is 10.0 Å². The maximum Gasteiger partial charge on any atom is 0.310 e. The first-order valence-corrected chi connectivity index (χ1v) is 7.47. The Bertz CT molecular complexity index is 583. The van der Waals surface area contributed by atoms with Crippen LogP contribution in [-0.4, -0.2) is 31.0 Å². The second kappa shape index (κ2) is 4.60. The summed E-state index contributed by atoms with van der Waals surface area (Å²) in [6.45, 7) is -0.0861. The third-order valence-corrected chi connectivity index (χ3v) is 4.70. The second-order valence-electron chi connectivity index (χ2n) is 4.25. The van der Waals surface area contributed by atoms with Crippen LogP contribution in [0.2, 0.25) is 0 Å². The number of carbonyl (C=O) groups is 1. The first kappa shape index (κ1) is 13.4. The van der Waals surface area contributed by atoms with E-state index in [0.29, 0.717) is 17.3 Å². The Morgan fingerprint density at radius 3 is 2.67 bits per heavy atom. The molecule has 6 nitrogen and oxygen atoms in total. The topological polar surface area (TPSA) is 96.4 Å².